The van der Waals surface area contributed by atoms with Crippen LogP contribution in [0, 0.1) is 0 Å². The highest BCUT2D eigenvalue weighted by Gasteiger charge is 2.13. The van der Waals surface area contributed by atoms with E-state index in [1.54, 1.807) is 0 Å². The summed E-state index contributed by atoms with van der Waals surface area (Å²) >= 11 is 0. The Labute approximate surface area is 146 Å². The molecule has 134 valence electrons. The first-order chi connectivity index (χ1) is 11.8. The van der Waals surface area contributed by atoms with Gasteiger partial charge in [-0.05, 0) is 49.9 Å². The van der Waals surface area contributed by atoms with Gasteiger partial charge in [-0.2, -0.15) is 0 Å². The lowest BCUT2D eigenvalue weighted by Crippen LogP contribution is -2.16. The lowest BCUT2D eigenvalue weighted by molar-refractivity contribution is -0.116. The van der Waals surface area contributed by atoms with Crippen LogP contribution in [0.4, 0.5) is 5.69 Å². The van der Waals surface area contributed by atoms with Gasteiger partial charge in [0, 0.05) is 12.1 Å². The van der Waals surface area contributed by atoms with Gasteiger partial charge < -0.3 is 15.8 Å². The summed E-state index contributed by atoms with van der Waals surface area (Å²) in [6.45, 7) is 1.37. The van der Waals surface area contributed by atoms with Gasteiger partial charge in [0.1, 0.15) is 0 Å². The molecule has 2 rings (SSSR count). The third-order valence-electron chi connectivity index (χ3n) is 4.61. The van der Waals surface area contributed by atoms with Crippen molar-refractivity contribution < 1.29 is 9.53 Å². The highest BCUT2D eigenvalue weighted by Crippen LogP contribution is 2.22. The average Bonchev–Trinajstić information content (AvgIpc) is 2.61. The molecule has 0 aliphatic heterocycles. The standard InChI is InChI=1S/C20H32N2O2/c21-14-7-2-1-6-13-20(23)22-18-10-8-9-17(15-18)16-24-19-11-4-3-5-12-19/h8-10,15,19H,1-7,11-14,16,21H2,(H,22,23). The number of carbonyl (C=O) groups is 1. The predicted molar refractivity (Wildman–Crippen MR) is 98.9 cm³/mol. The Bertz CT molecular complexity index is 484. The van der Waals surface area contributed by atoms with Gasteiger partial charge in [-0.1, -0.05) is 44.2 Å². The Hall–Kier alpha value is -1.39. The third-order valence-corrected chi connectivity index (χ3v) is 4.61. The van der Waals surface area contributed by atoms with E-state index in [1.165, 1.54) is 32.1 Å². The molecule has 0 saturated heterocycles. The summed E-state index contributed by atoms with van der Waals surface area (Å²) in [6.07, 6.45) is 11.4. The number of nitrogens with two attached hydrogens (primary N) is 1. The summed E-state index contributed by atoms with van der Waals surface area (Å²) in [5, 5.41) is 2.99. The molecule has 1 fully saturated rings. The summed E-state index contributed by atoms with van der Waals surface area (Å²) in [7, 11) is 0. The normalized spacial score (nSPS) is 15.4. The Morgan fingerprint density at radius 2 is 1.92 bits per heavy atom. The quantitative estimate of drug-likeness (QED) is 0.625. The van der Waals surface area contributed by atoms with Crippen LogP contribution in [0.1, 0.15) is 69.8 Å². The average molecular weight is 332 g/mol. The maximum Gasteiger partial charge on any atom is 0.224 e. The summed E-state index contributed by atoms with van der Waals surface area (Å²) in [5.41, 5.74) is 7.46. The number of hydrogen-bond donors (Lipinski definition) is 2. The van der Waals surface area contributed by atoms with Crippen LogP contribution in [-0.4, -0.2) is 18.6 Å². The molecule has 1 aromatic carbocycles. The molecule has 1 saturated carbocycles. The van der Waals surface area contributed by atoms with Gasteiger partial charge in [-0.3, -0.25) is 4.79 Å². The molecular weight excluding hydrogens is 300 g/mol. The summed E-state index contributed by atoms with van der Waals surface area (Å²) < 4.78 is 6.01. The molecular formula is C20H32N2O2. The first kappa shape index (κ1) is 18.9. The van der Waals surface area contributed by atoms with Crippen LogP contribution >= 0.6 is 0 Å². The second kappa shape index (κ2) is 11.2. The fourth-order valence-corrected chi connectivity index (χ4v) is 3.19. The van der Waals surface area contributed by atoms with E-state index in [-0.39, 0.29) is 5.91 Å². The number of unbranched alkanes of at least 4 members (excludes halogenated alkanes) is 3. The number of nitrogens with one attached hydrogen (secondary N) is 1. The van der Waals surface area contributed by atoms with Gasteiger partial charge >= 0.3 is 0 Å². The Morgan fingerprint density at radius 1 is 1.12 bits per heavy atom. The fraction of sp³-hybridized carbons (Fsp3) is 0.650. The van der Waals surface area contributed by atoms with E-state index in [0.717, 1.165) is 43.5 Å². The van der Waals surface area contributed by atoms with Gasteiger partial charge in [0.15, 0.2) is 0 Å². The largest absolute Gasteiger partial charge is 0.374 e. The van der Waals surface area contributed by atoms with Gasteiger partial charge in [0.2, 0.25) is 5.91 Å². The van der Waals surface area contributed by atoms with E-state index in [0.29, 0.717) is 19.1 Å². The molecule has 4 nitrogen and oxygen atoms in total. The third kappa shape index (κ3) is 7.45. The number of rotatable bonds is 10. The van der Waals surface area contributed by atoms with Gasteiger partial charge in [0.25, 0.3) is 0 Å². The summed E-state index contributed by atoms with van der Waals surface area (Å²) in [6, 6.07) is 8.01. The minimum Gasteiger partial charge on any atom is -0.374 e. The molecule has 0 radical (unpaired) electrons. The summed E-state index contributed by atoms with van der Waals surface area (Å²) in [5.74, 6) is 0.0908. The highest BCUT2D eigenvalue weighted by molar-refractivity contribution is 5.90. The van der Waals surface area contributed by atoms with Crippen LogP contribution in [0.3, 0.4) is 0 Å². The Kier molecular flexibility index (Phi) is 8.85. The zero-order valence-electron chi connectivity index (χ0n) is 14.8. The molecule has 1 amide bonds. The molecule has 0 atom stereocenters. The smallest absolute Gasteiger partial charge is 0.224 e. The Morgan fingerprint density at radius 3 is 2.71 bits per heavy atom. The van der Waals surface area contributed by atoms with Crippen molar-refractivity contribution in [2.45, 2.75) is 76.9 Å². The number of amides is 1. The van der Waals surface area contributed by atoms with Gasteiger partial charge in [-0.25, -0.2) is 0 Å². The van der Waals surface area contributed by atoms with Crippen molar-refractivity contribution in [1.82, 2.24) is 0 Å². The highest BCUT2D eigenvalue weighted by atomic mass is 16.5. The summed E-state index contributed by atoms with van der Waals surface area (Å²) in [4.78, 5) is 12.0. The monoisotopic (exact) mass is 332 g/mol. The molecule has 1 aliphatic rings. The van der Waals surface area contributed by atoms with Crippen molar-refractivity contribution in [1.29, 1.82) is 0 Å². The molecule has 3 N–H and O–H groups in total. The second-order valence-corrected chi connectivity index (χ2v) is 6.77. The minimum atomic E-state index is 0.0908. The zero-order valence-corrected chi connectivity index (χ0v) is 14.8. The van der Waals surface area contributed by atoms with Crippen LogP contribution in [0.2, 0.25) is 0 Å². The van der Waals surface area contributed by atoms with Crippen molar-refractivity contribution >= 4 is 11.6 Å². The molecule has 0 bridgehead atoms. The Balaban J connectivity index is 1.70. The van der Waals surface area contributed by atoms with E-state index in [1.807, 2.05) is 18.2 Å². The lowest BCUT2D eigenvalue weighted by atomic mass is 9.98. The number of benzene rings is 1. The maximum atomic E-state index is 12.0. The van der Waals surface area contributed by atoms with Crippen molar-refractivity contribution in [3.63, 3.8) is 0 Å². The van der Waals surface area contributed by atoms with Crippen molar-refractivity contribution in [3.05, 3.63) is 29.8 Å². The first-order valence-corrected chi connectivity index (χ1v) is 9.48. The molecule has 0 aromatic heterocycles. The van der Waals surface area contributed by atoms with Crippen LogP contribution in [0.15, 0.2) is 24.3 Å². The van der Waals surface area contributed by atoms with Crippen molar-refractivity contribution in [2.24, 2.45) is 5.73 Å². The number of ether oxygens (including phenoxy) is 1. The molecule has 4 heteroatoms. The van der Waals surface area contributed by atoms with Crippen LogP contribution in [0.25, 0.3) is 0 Å². The van der Waals surface area contributed by atoms with E-state index >= 15 is 0 Å². The lowest BCUT2D eigenvalue weighted by Gasteiger charge is -2.22. The second-order valence-electron chi connectivity index (χ2n) is 6.77. The van der Waals surface area contributed by atoms with Crippen molar-refractivity contribution in [2.75, 3.05) is 11.9 Å². The minimum absolute atomic E-state index is 0.0908. The maximum absolute atomic E-state index is 12.0. The van der Waals surface area contributed by atoms with Crippen molar-refractivity contribution in [3.8, 4) is 0 Å². The van der Waals surface area contributed by atoms with Crippen LogP contribution < -0.4 is 11.1 Å². The SMILES string of the molecule is NCCCCCCC(=O)Nc1cccc(COC2CCCCC2)c1. The molecule has 1 aromatic rings. The number of carbonyl (C=O) groups excluding carboxylic acids is 1. The van der Waals surface area contributed by atoms with Crippen LogP contribution in [-0.2, 0) is 16.1 Å². The van der Waals surface area contributed by atoms with E-state index in [2.05, 4.69) is 11.4 Å². The molecule has 1 aliphatic carbocycles. The molecule has 0 unspecified atom stereocenters. The van der Waals surface area contributed by atoms with Gasteiger partial charge in [-0.15, -0.1) is 0 Å². The molecule has 0 heterocycles. The zero-order chi connectivity index (χ0) is 17.0. The number of anilines is 1. The predicted octanol–water partition coefficient (Wildman–Crippen LogP) is 4.38. The number of hydrogen-bond acceptors (Lipinski definition) is 3. The van der Waals surface area contributed by atoms with Crippen LogP contribution in [0.5, 0.6) is 0 Å². The van der Waals surface area contributed by atoms with E-state index in [4.69, 9.17) is 10.5 Å². The molecule has 0 spiro atoms. The topological polar surface area (TPSA) is 64.4 Å². The van der Waals surface area contributed by atoms with E-state index in [9.17, 15) is 4.79 Å². The first-order valence-electron chi connectivity index (χ1n) is 9.48. The fourth-order valence-electron chi connectivity index (χ4n) is 3.19. The molecule has 24 heavy (non-hydrogen) atoms. The van der Waals surface area contributed by atoms with E-state index < -0.39 is 0 Å². The van der Waals surface area contributed by atoms with Gasteiger partial charge in [0.05, 0.1) is 12.7 Å².